The fourth-order valence-electron chi connectivity index (χ4n) is 3.60. The lowest BCUT2D eigenvalue weighted by Gasteiger charge is -2.10. The Labute approximate surface area is 165 Å². The second-order valence-electron chi connectivity index (χ2n) is 7.08. The molecule has 3 heteroatoms. The first-order chi connectivity index (χ1) is 13.6. The molecule has 0 saturated heterocycles. The fourth-order valence-corrected chi connectivity index (χ4v) is 3.60. The van der Waals surface area contributed by atoms with Crippen LogP contribution in [0.1, 0.15) is 28.1 Å². The van der Waals surface area contributed by atoms with Crippen LogP contribution in [0.15, 0.2) is 66.9 Å². The number of hydrogen-bond acceptors (Lipinski definition) is 2. The minimum absolute atomic E-state index is 0.669. The highest BCUT2D eigenvalue weighted by Crippen LogP contribution is 2.27. The van der Waals surface area contributed by atoms with Crippen molar-refractivity contribution in [3.05, 3.63) is 94.9 Å². The Kier molecular flexibility index (Phi) is 4.55. The zero-order valence-corrected chi connectivity index (χ0v) is 16.3. The van der Waals surface area contributed by atoms with Gasteiger partial charge in [0.15, 0.2) is 0 Å². The third-order valence-electron chi connectivity index (χ3n) is 5.10. The molecule has 2 aromatic carbocycles. The van der Waals surface area contributed by atoms with Crippen molar-refractivity contribution in [3.8, 4) is 11.8 Å². The first-order valence-electron chi connectivity index (χ1n) is 9.30. The molecular formula is C25H21N3. The third kappa shape index (κ3) is 3.21. The summed E-state index contributed by atoms with van der Waals surface area (Å²) in [5.41, 5.74) is 8.18. The van der Waals surface area contributed by atoms with Crippen molar-refractivity contribution < 1.29 is 0 Å². The summed E-state index contributed by atoms with van der Waals surface area (Å²) in [6, 6.07) is 22.9. The van der Waals surface area contributed by atoms with Crippen LogP contribution in [0, 0.1) is 32.1 Å². The van der Waals surface area contributed by atoms with E-state index in [9.17, 15) is 5.26 Å². The molecule has 0 N–H and O–H groups in total. The summed E-state index contributed by atoms with van der Waals surface area (Å²) in [6.45, 7) is 6.23. The van der Waals surface area contributed by atoms with Crippen LogP contribution in [0.25, 0.3) is 28.2 Å². The largest absolute Gasteiger partial charge is 0.318 e. The van der Waals surface area contributed by atoms with E-state index in [0.717, 1.165) is 39.1 Å². The van der Waals surface area contributed by atoms with Crippen LogP contribution in [0.4, 0.5) is 0 Å². The highest BCUT2D eigenvalue weighted by molar-refractivity contribution is 5.90. The van der Waals surface area contributed by atoms with E-state index in [4.69, 9.17) is 0 Å². The average Bonchev–Trinajstić information content (AvgIpc) is 2.99. The van der Waals surface area contributed by atoms with Gasteiger partial charge in [-0.2, -0.15) is 5.26 Å². The van der Waals surface area contributed by atoms with Gasteiger partial charge in [0.05, 0.1) is 17.2 Å². The van der Waals surface area contributed by atoms with Gasteiger partial charge >= 0.3 is 0 Å². The Morgan fingerprint density at radius 1 is 1.00 bits per heavy atom. The number of allylic oxidation sites excluding steroid dienone is 1. The van der Waals surface area contributed by atoms with Gasteiger partial charge in [-0.15, -0.1) is 0 Å². The lowest BCUT2D eigenvalue weighted by molar-refractivity contribution is 0.966. The molecule has 0 bridgehead atoms. The normalized spacial score (nSPS) is 11.6. The summed E-state index contributed by atoms with van der Waals surface area (Å²) in [5, 5.41) is 10.8. The smallest absolute Gasteiger partial charge is 0.0998 e. The number of rotatable bonds is 3. The molecule has 0 aliphatic rings. The zero-order valence-electron chi connectivity index (χ0n) is 16.3. The van der Waals surface area contributed by atoms with Crippen molar-refractivity contribution >= 4 is 22.6 Å². The quantitative estimate of drug-likeness (QED) is 0.418. The second-order valence-corrected chi connectivity index (χ2v) is 7.08. The number of hydrogen-bond donors (Lipinski definition) is 0. The molecule has 28 heavy (non-hydrogen) atoms. The molecule has 4 aromatic rings. The molecule has 0 saturated carbocycles. The second kappa shape index (κ2) is 7.17. The van der Waals surface area contributed by atoms with Crippen molar-refractivity contribution in [3.63, 3.8) is 0 Å². The predicted octanol–water partition coefficient (Wildman–Crippen LogP) is 6.01. The lowest BCUT2D eigenvalue weighted by atomic mass is 10.0. The highest BCUT2D eigenvalue weighted by atomic mass is 15.0. The summed E-state index contributed by atoms with van der Waals surface area (Å²) < 4.78 is 2.22. The zero-order chi connectivity index (χ0) is 19.7. The summed E-state index contributed by atoms with van der Waals surface area (Å²) in [5.74, 6) is 0. The van der Waals surface area contributed by atoms with Crippen molar-refractivity contribution in [2.45, 2.75) is 20.8 Å². The summed E-state index contributed by atoms with van der Waals surface area (Å²) >= 11 is 0. The number of aromatic nitrogens is 2. The van der Waals surface area contributed by atoms with Crippen LogP contribution in [-0.2, 0) is 0 Å². The van der Waals surface area contributed by atoms with Crippen LogP contribution in [-0.4, -0.2) is 9.55 Å². The molecule has 0 unspecified atom stereocenters. The SMILES string of the molecule is Cc1ccc(/C(C#N)=C\c2cc(C)n(-c3ccc4ncccc4c3)c2C)cc1. The summed E-state index contributed by atoms with van der Waals surface area (Å²) in [4.78, 5) is 4.40. The molecular weight excluding hydrogens is 342 g/mol. The number of pyridine rings is 1. The van der Waals surface area contributed by atoms with Gasteiger partial charge in [-0.05, 0) is 68.3 Å². The molecule has 3 nitrogen and oxygen atoms in total. The van der Waals surface area contributed by atoms with Crippen LogP contribution < -0.4 is 0 Å². The van der Waals surface area contributed by atoms with Gasteiger partial charge in [0.1, 0.15) is 0 Å². The van der Waals surface area contributed by atoms with Crippen LogP contribution in [0.3, 0.4) is 0 Å². The van der Waals surface area contributed by atoms with E-state index >= 15 is 0 Å². The topological polar surface area (TPSA) is 41.6 Å². The van der Waals surface area contributed by atoms with E-state index in [1.807, 2.05) is 55.6 Å². The monoisotopic (exact) mass is 363 g/mol. The first-order valence-corrected chi connectivity index (χ1v) is 9.30. The van der Waals surface area contributed by atoms with Gasteiger partial charge in [-0.3, -0.25) is 4.98 Å². The van der Waals surface area contributed by atoms with Crippen molar-refractivity contribution in [2.75, 3.05) is 0 Å². The predicted molar refractivity (Wildman–Crippen MR) is 115 cm³/mol. The van der Waals surface area contributed by atoms with Gasteiger partial charge in [0.25, 0.3) is 0 Å². The van der Waals surface area contributed by atoms with Crippen LogP contribution >= 0.6 is 0 Å². The minimum Gasteiger partial charge on any atom is -0.318 e. The van der Waals surface area contributed by atoms with Gasteiger partial charge in [-0.1, -0.05) is 35.9 Å². The minimum atomic E-state index is 0.669. The third-order valence-corrected chi connectivity index (χ3v) is 5.10. The van der Waals surface area contributed by atoms with Crippen LogP contribution in [0.5, 0.6) is 0 Å². The Balaban J connectivity index is 1.80. The first kappa shape index (κ1) is 17.8. The average molecular weight is 363 g/mol. The van der Waals surface area contributed by atoms with E-state index in [2.05, 4.69) is 53.7 Å². The standard InChI is InChI=1S/C25H21N3/c1-17-6-8-20(9-7-17)23(16-26)14-22-13-18(2)28(19(22)3)24-10-11-25-21(15-24)5-4-12-27-25/h4-15H,1-3H3/b23-14-. The van der Waals surface area contributed by atoms with Crippen LogP contribution in [0.2, 0.25) is 0 Å². The van der Waals surface area contributed by atoms with E-state index in [-0.39, 0.29) is 0 Å². The Morgan fingerprint density at radius 2 is 1.79 bits per heavy atom. The summed E-state index contributed by atoms with van der Waals surface area (Å²) in [6.07, 6.45) is 3.79. The summed E-state index contributed by atoms with van der Waals surface area (Å²) in [7, 11) is 0. The van der Waals surface area contributed by atoms with Gasteiger partial charge in [-0.25, -0.2) is 0 Å². The van der Waals surface area contributed by atoms with Gasteiger partial charge in [0, 0.05) is 28.7 Å². The molecule has 2 aromatic heterocycles. The molecule has 0 fully saturated rings. The molecule has 0 atom stereocenters. The molecule has 136 valence electrons. The molecule has 0 amide bonds. The maximum Gasteiger partial charge on any atom is 0.0998 e. The number of nitrogens with zero attached hydrogens (tertiary/aromatic N) is 3. The van der Waals surface area contributed by atoms with E-state index < -0.39 is 0 Å². The lowest BCUT2D eigenvalue weighted by Crippen LogP contribution is -1.99. The Hall–Kier alpha value is -3.64. The molecule has 0 aliphatic carbocycles. The molecule has 0 aliphatic heterocycles. The van der Waals surface area contributed by atoms with Crippen molar-refractivity contribution in [1.29, 1.82) is 5.26 Å². The fraction of sp³-hybridized carbons (Fsp3) is 0.120. The molecule has 2 heterocycles. The van der Waals surface area contributed by atoms with E-state index in [1.165, 1.54) is 5.56 Å². The Bertz CT molecular complexity index is 1240. The van der Waals surface area contributed by atoms with Crippen molar-refractivity contribution in [1.82, 2.24) is 9.55 Å². The van der Waals surface area contributed by atoms with E-state index in [0.29, 0.717) is 5.57 Å². The maximum absolute atomic E-state index is 9.68. The molecule has 0 radical (unpaired) electrons. The van der Waals surface area contributed by atoms with Gasteiger partial charge in [0.2, 0.25) is 0 Å². The highest BCUT2D eigenvalue weighted by Gasteiger charge is 2.11. The van der Waals surface area contributed by atoms with Gasteiger partial charge < -0.3 is 4.57 Å². The Morgan fingerprint density at radius 3 is 2.54 bits per heavy atom. The van der Waals surface area contributed by atoms with Crippen molar-refractivity contribution in [2.24, 2.45) is 0 Å². The molecule has 0 spiro atoms. The number of aryl methyl sites for hydroxylation is 2. The number of nitriles is 1. The number of benzene rings is 2. The van der Waals surface area contributed by atoms with E-state index in [1.54, 1.807) is 0 Å². The maximum atomic E-state index is 9.68. The number of fused-ring (bicyclic) bond motifs is 1. The molecule has 4 rings (SSSR count).